The molecule has 2 N–H and O–H groups in total. The summed E-state index contributed by atoms with van der Waals surface area (Å²) in [4.78, 5) is 4.69. The van der Waals surface area contributed by atoms with Crippen molar-refractivity contribution in [2.75, 3.05) is 31.6 Å². The summed E-state index contributed by atoms with van der Waals surface area (Å²) < 4.78 is 0. The number of likely N-dealkylation sites (N-methyl/N-ethyl adjacent to an activating group) is 1. The largest absolute Gasteiger partial charge is 0.364 e. The number of benzene rings is 1. The molecule has 1 aliphatic rings. The molecule has 1 aromatic carbocycles. The van der Waals surface area contributed by atoms with E-state index < -0.39 is 0 Å². The molecular formula is C15H22N4. The molecule has 4 nitrogen and oxygen atoms in total. The van der Waals surface area contributed by atoms with Gasteiger partial charge in [0.05, 0.1) is 17.7 Å². The summed E-state index contributed by atoms with van der Waals surface area (Å²) in [5.41, 5.74) is 7.82. The van der Waals surface area contributed by atoms with Crippen LogP contribution in [-0.2, 0) is 0 Å². The van der Waals surface area contributed by atoms with Crippen LogP contribution in [0.25, 0.3) is 0 Å². The fraction of sp³-hybridized carbons (Fsp3) is 0.533. The minimum Gasteiger partial charge on any atom is -0.364 e. The van der Waals surface area contributed by atoms with Crippen molar-refractivity contribution in [2.24, 2.45) is 5.73 Å². The van der Waals surface area contributed by atoms with Gasteiger partial charge in [-0.3, -0.25) is 4.90 Å². The van der Waals surface area contributed by atoms with Crippen LogP contribution in [0.3, 0.4) is 0 Å². The van der Waals surface area contributed by atoms with E-state index >= 15 is 0 Å². The fourth-order valence-electron chi connectivity index (χ4n) is 2.59. The Morgan fingerprint density at radius 3 is 2.84 bits per heavy atom. The van der Waals surface area contributed by atoms with E-state index in [1.54, 1.807) is 0 Å². The smallest absolute Gasteiger partial charge is 0.0992 e. The Hall–Kier alpha value is -1.57. The number of nitrogens with two attached hydrogens (primary N) is 1. The molecule has 2 rings (SSSR count). The molecule has 0 bridgehead atoms. The second-order valence-electron chi connectivity index (χ2n) is 5.87. The van der Waals surface area contributed by atoms with Crippen molar-refractivity contribution in [3.8, 4) is 6.07 Å². The first kappa shape index (κ1) is 13.9. The Morgan fingerprint density at radius 2 is 2.21 bits per heavy atom. The highest BCUT2D eigenvalue weighted by Crippen LogP contribution is 2.28. The van der Waals surface area contributed by atoms with Crippen molar-refractivity contribution in [3.63, 3.8) is 0 Å². The standard InChI is InChI=1S/C15H22N4/c1-15(2)11-19(14(9-17)10-18(15)3)13-6-4-5-12(7-13)8-16/h4-7,14H,9-11,17H2,1-3H3. The summed E-state index contributed by atoms with van der Waals surface area (Å²) in [6.45, 7) is 6.96. The first-order chi connectivity index (χ1) is 8.97. The molecule has 0 aliphatic carbocycles. The molecule has 4 heteroatoms. The summed E-state index contributed by atoms with van der Waals surface area (Å²) in [5.74, 6) is 0. The molecule has 1 atom stereocenters. The first-order valence-corrected chi connectivity index (χ1v) is 6.66. The van der Waals surface area contributed by atoms with Gasteiger partial charge in [0.25, 0.3) is 0 Å². The summed E-state index contributed by atoms with van der Waals surface area (Å²) >= 11 is 0. The Bertz CT molecular complexity index is 489. The van der Waals surface area contributed by atoms with Crippen LogP contribution in [0.4, 0.5) is 5.69 Å². The van der Waals surface area contributed by atoms with Gasteiger partial charge in [-0.25, -0.2) is 0 Å². The van der Waals surface area contributed by atoms with E-state index in [1.165, 1.54) is 0 Å². The molecule has 1 aromatic rings. The monoisotopic (exact) mass is 258 g/mol. The topological polar surface area (TPSA) is 56.3 Å². The highest BCUT2D eigenvalue weighted by Gasteiger charge is 2.36. The van der Waals surface area contributed by atoms with Gasteiger partial charge >= 0.3 is 0 Å². The van der Waals surface area contributed by atoms with E-state index in [1.807, 2.05) is 18.2 Å². The third kappa shape index (κ3) is 2.73. The lowest BCUT2D eigenvalue weighted by Gasteiger charge is -2.50. The van der Waals surface area contributed by atoms with Crippen LogP contribution in [-0.4, -0.2) is 43.2 Å². The molecule has 0 amide bonds. The summed E-state index contributed by atoms with van der Waals surface area (Å²) in [6, 6.07) is 10.3. The molecular weight excluding hydrogens is 236 g/mol. The minimum absolute atomic E-state index is 0.105. The minimum atomic E-state index is 0.105. The van der Waals surface area contributed by atoms with Gasteiger partial charge in [-0.05, 0) is 39.1 Å². The average molecular weight is 258 g/mol. The van der Waals surface area contributed by atoms with Crippen LogP contribution in [0.5, 0.6) is 0 Å². The predicted octanol–water partition coefficient (Wildman–Crippen LogP) is 1.42. The normalized spacial score (nSPS) is 23.1. The van der Waals surface area contributed by atoms with Gasteiger partial charge in [-0.2, -0.15) is 5.26 Å². The van der Waals surface area contributed by atoms with Crippen LogP contribution >= 0.6 is 0 Å². The molecule has 1 aliphatic heterocycles. The van der Waals surface area contributed by atoms with Gasteiger partial charge in [0.2, 0.25) is 0 Å². The van der Waals surface area contributed by atoms with Crippen molar-refractivity contribution in [3.05, 3.63) is 29.8 Å². The molecule has 19 heavy (non-hydrogen) atoms. The molecule has 1 unspecified atom stereocenters. The Kier molecular flexibility index (Phi) is 3.79. The Morgan fingerprint density at radius 1 is 1.47 bits per heavy atom. The van der Waals surface area contributed by atoms with Gasteiger partial charge in [0.15, 0.2) is 0 Å². The Labute approximate surface area is 115 Å². The van der Waals surface area contributed by atoms with E-state index in [0.717, 1.165) is 18.8 Å². The summed E-state index contributed by atoms with van der Waals surface area (Å²) in [7, 11) is 2.14. The van der Waals surface area contributed by atoms with E-state index in [2.05, 4.69) is 42.8 Å². The van der Waals surface area contributed by atoms with Crippen molar-refractivity contribution >= 4 is 5.69 Å². The van der Waals surface area contributed by atoms with Crippen molar-refractivity contribution < 1.29 is 0 Å². The predicted molar refractivity (Wildman–Crippen MR) is 78.1 cm³/mol. The molecule has 102 valence electrons. The zero-order chi connectivity index (χ0) is 14.0. The van der Waals surface area contributed by atoms with Gasteiger partial charge in [0.1, 0.15) is 0 Å². The average Bonchev–Trinajstić information content (AvgIpc) is 2.41. The molecule has 0 aromatic heterocycles. The number of anilines is 1. The van der Waals surface area contributed by atoms with Crippen LogP contribution in [0.1, 0.15) is 19.4 Å². The molecule has 1 fully saturated rings. The van der Waals surface area contributed by atoms with Gasteiger partial charge in [-0.1, -0.05) is 6.07 Å². The maximum absolute atomic E-state index is 9.03. The first-order valence-electron chi connectivity index (χ1n) is 6.66. The molecule has 1 saturated heterocycles. The second kappa shape index (κ2) is 5.20. The third-order valence-electron chi connectivity index (χ3n) is 4.09. The van der Waals surface area contributed by atoms with E-state index in [0.29, 0.717) is 18.2 Å². The molecule has 1 heterocycles. The van der Waals surface area contributed by atoms with Gasteiger partial charge < -0.3 is 10.6 Å². The zero-order valence-electron chi connectivity index (χ0n) is 11.9. The lowest BCUT2D eigenvalue weighted by atomic mass is 9.95. The van der Waals surface area contributed by atoms with Gasteiger partial charge in [-0.15, -0.1) is 0 Å². The maximum atomic E-state index is 9.03. The van der Waals surface area contributed by atoms with Crippen LogP contribution < -0.4 is 10.6 Å². The highest BCUT2D eigenvalue weighted by molar-refractivity contribution is 5.53. The quantitative estimate of drug-likeness (QED) is 0.871. The number of rotatable bonds is 2. The molecule has 0 radical (unpaired) electrons. The highest BCUT2D eigenvalue weighted by atomic mass is 15.3. The van der Waals surface area contributed by atoms with Crippen LogP contribution in [0.2, 0.25) is 0 Å². The van der Waals surface area contributed by atoms with Crippen molar-refractivity contribution in [2.45, 2.75) is 25.4 Å². The second-order valence-corrected chi connectivity index (χ2v) is 5.87. The molecule has 0 saturated carbocycles. The molecule has 0 spiro atoms. The van der Waals surface area contributed by atoms with Crippen molar-refractivity contribution in [1.82, 2.24) is 4.90 Å². The van der Waals surface area contributed by atoms with Crippen LogP contribution in [0, 0.1) is 11.3 Å². The zero-order valence-corrected chi connectivity index (χ0v) is 11.9. The summed E-state index contributed by atoms with van der Waals surface area (Å²) in [6.07, 6.45) is 0. The number of hydrogen-bond donors (Lipinski definition) is 1. The van der Waals surface area contributed by atoms with Crippen molar-refractivity contribution in [1.29, 1.82) is 5.26 Å². The SMILES string of the molecule is CN1CC(CN)N(c2cccc(C#N)c2)CC1(C)C. The van der Waals surface area contributed by atoms with E-state index in [4.69, 9.17) is 11.0 Å². The number of piperazine rings is 1. The Balaban J connectivity index is 2.32. The number of nitriles is 1. The number of hydrogen-bond acceptors (Lipinski definition) is 4. The van der Waals surface area contributed by atoms with E-state index in [-0.39, 0.29) is 5.54 Å². The summed E-state index contributed by atoms with van der Waals surface area (Å²) in [5, 5.41) is 9.03. The lowest BCUT2D eigenvalue weighted by Crippen LogP contribution is -2.64. The number of nitrogens with zero attached hydrogens (tertiary/aromatic N) is 3. The van der Waals surface area contributed by atoms with Gasteiger partial charge in [0, 0.05) is 30.9 Å². The van der Waals surface area contributed by atoms with E-state index in [9.17, 15) is 0 Å². The maximum Gasteiger partial charge on any atom is 0.0992 e. The lowest BCUT2D eigenvalue weighted by molar-refractivity contribution is 0.116. The fourth-order valence-corrected chi connectivity index (χ4v) is 2.59. The third-order valence-corrected chi connectivity index (χ3v) is 4.09. The van der Waals surface area contributed by atoms with Crippen LogP contribution in [0.15, 0.2) is 24.3 Å².